The van der Waals surface area contributed by atoms with E-state index in [-0.39, 0.29) is 11.6 Å². The first-order chi connectivity index (χ1) is 8.60. The third-order valence-corrected chi connectivity index (χ3v) is 3.57. The molecular formula is C15H19FO2. The number of ether oxygens (including phenoxy) is 1. The fraction of sp³-hybridized carbons (Fsp3) is 0.533. The van der Waals surface area contributed by atoms with Crippen molar-refractivity contribution in [2.75, 3.05) is 6.61 Å². The maximum absolute atomic E-state index is 13.1. The summed E-state index contributed by atoms with van der Waals surface area (Å²) in [7, 11) is 0. The summed E-state index contributed by atoms with van der Waals surface area (Å²) in [5.74, 6) is 0.105. The molecule has 1 aromatic rings. The van der Waals surface area contributed by atoms with Crippen LogP contribution in [0.3, 0.4) is 0 Å². The number of halogens is 1. The lowest BCUT2D eigenvalue weighted by molar-refractivity contribution is -0.0246. The molecule has 0 bridgehead atoms. The molecule has 0 radical (unpaired) electrons. The van der Waals surface area contributed by atoms with Gasteiger partial charge in [0.25, 0.3) is 0 Å². The van der Waals surface area contributed by atoms with E-state index in [1.54, 1.807) is 6.07 Å². The summed E-state index contributed by atoms with van der Waals surface area (Å²) < 4.78 is 18.6. The number of hydrogen-bond donors (Lipinski definition) is 0. The van der Waals surface area contributed by atoms with Crippen LogP contribution in [0, 0.1) is 18.7 Å². The highest BCUT2D eigenvalue weighted by Gasteiger charge is 2.31. The number of rotatable bonds is 5. The van der Waals surface area contributed by atoms with E-state index in [9.17, 15) is 9.18 Å². The number of carbonyl (C=O) groups excluding carboxylic acids is 1. The Morgan fingerprint density at radius 3 is 2.83 bits per heavy atom. The molecule has 0 aromatic heterocycles. The van der Waals surface area contributed by atoms with Gasteiger partial charge in [0.1, 0.15) is 5.82 Å². The fourth-order valence-corrected chi connectivity index (χ4v) is 2.48. The molecule has 0 atom stereocenters. The third-order valence-electron chi connectivity index (χ3n) is 3.57. The molecule has 0 heterocycles. The molecule has 1 fully saturated rings. The van der Waals surface area contributed by atoms with Crippen LogP contribution in [-0.4, -0.2) is 18.5 Å². The summed E-state index contributed by atoms with van der Waals surface area (Å²) in [4.78, 5) is 12.1. The molecule has 0 spiro atoms. The molecule has 0 N–H and O–H groups in total. The minimum atomic E-state index is -0.343. The molecule has 1 aliphatic rings. The molecule has 1 aliphatic carbocycles. The molecule has 0 unspecified atom stereocenters. The normalized spacial score (nSPS) is 22.6. The highest BCUT2D eigenvalue weighted by Crippen LogP contribution is 2.33. The summed E-state index contributed by atoms with van der Waals surface area (Å²) in [6, 6.07) is 4.39. The van der Waals surface area contributed by atoms with E-state index in [2.05, 4.69) is 0 Å². The van der Waals surface area contributed by atoms with E-state index in [0.29, 0.717) is 24.0 Å². The molecule has 0 aliphatic heterocycles. The van der Waals surface area contributed by atoms with E-state index in [0.717, 1.165) is 25.0 Å². The van der Waals surface area contributed by atoms with Crippen molar-refractivity contribution in [2.45, 2.75) is 39.2 Å². The van der Waals surface area contributed by atoms with Gasteiger partial charge in [0.15, 0.2) is 5.78 Å². The van der Waals surface area contributed by atoms with Crippen LogP contribution in [0.5, 0.6) is 0 Å². The van der Waals surface area contributed by atoms with Gasteiger partial charge in [-0.3, -0.25) is 4.79 Å². The number of ketones is 1. The van der Waals surface area contributed by atoms with E-state index in [1.165, 1.54) is 12.1 Å². The van der Waals surface area contributed by atoms with Gasteiger partial charge in [0.2, 0.25) is 0 Å². The Balaban J connectivity index is 1.91. The monoisotopic (exact) mass is 250 g/mol. The lowest BCUT2D eigenvalue weighted by Gasteiger charge is -2.34. The predicted octanol–water partition coefficient (Wildman–Crippen LogP) is 3.52. The lowest BCUT2D eigenvalue weighted by Crippen LogP contribution is -2.32. The molecular weight excluding hydrogens is 231 g/mol. The van der Waals surface area contributed by atoms with Gasteiger partial charge in [-0.25, -0.2) is 4.39 Å². The number of aryl methyl sites for hydroxylation is 1. The van der Waals surface area contributed by atoms with Crippen molar-refractivity contribution in [1.82, 2.24) is 0 Å². The van der Waals surface area contributed by atoms with Crippen molar-refractivity contribution in [3.05, 3.63) is 35.1 Å². The first-order valence-electron chi connectivity index (χ1n) is 6.51. The summed E-state index contributed by atoms with van der Waals surface area (Å²) in [6.45, 7) is 4.55. The molecule has 2 nitrogen and oxygen atoms in total. The smallest absolute Gasteiger partial charge is 0.163 e. The SMILES string of the molecule is CCOC1CC(CC(=O)c2cc(F)ccc2C)C1. The molecule has 2 rings (SSSR count). The topological polar surface area (TPSA) is 26.3 Å². The Hall–Kier alpha value is -1.22. The van der Waals surface area contributed by atoms with Crippen molar-refractivity contribution in [1.29, 1.82) is 0 Å². The minimum absolute atomic E-state index is 0.0481. The fourth-order valence-electron chi connectivity index (χ4n) is 2.48. The molecule has 1 saturated carbocycles. The largest absolute Gasteiger partial charge is 0.378 e. The maximum Gasteiger partial charge on any atom is 0.163 e. The van der Waals surface area contributed by atoms with Crippen LogP contribution in [0.4, 0.5) is 4.39 Å². The van der Waals surface area contributed by atoms with E-state index >= 15 is 0 Å². The summed E-state index contributed by atoms with van der Waals surface area (Å²) in [5.41, 5.74) is 1.37. The number of Topliss-reactive ketones (excluding diaryl/α,β-unsaturated/α-hetero) is 1. The number of benzene rings is 1. The van der Waals surface area contributed by atoms with Crippen molar-refractivity contribution in [2.24, 2.45) is 5.92 Å². The molecule has 0 amide bonds. The molecule has 1 aromatic carbocycles. The van der Waals surface area contributed by atoms with Crippen LogP contribution in [0.2, 0.25) is 0 Å². The third kappa shape index (κ3) is 2.96. The summed E-state index contributed by atoms with van der Waals surface area (Å²) in [6.07, 6.45) is 2.73. The summed E-state index contributed by atoms with van der Waals surface area (Å²) in [5, 5.41) is 0. The summed E-state index contributed by atoms with van der Waals surface area (Å²) >= 11 is 0. The van der Waals surface area contributed by atoms with Crippen LogP contribution >= 0.6 is 0 Å². The van der Waals surface area contributed by atoms with Crippen molar-refractivity contribution in [3.8, 4) is 0 Å². The minimum Gasteiger partial charge on any atom is -0.378 e. The van der Waals surface area contributed by atoms with E-state index < -0.39 is 0 Å². The van der Waals surface area contributed by atoms with Gasteiger partial charge in [0.05, 0.1) is 6.10 Å². The van der Waals surface area contributed by atoms with Gasteiger partial charge in [0, 0.05) is 18.6 Å². The van der Waals surface area contributed by atoms with Gasteiger partial charge in [-0.1, -0.05) is 6.07 Å². The van der Waals surface area contributed by atoms with Gasteiger partial charge >= 0.3 is 0 Å². The highest BCUT2D eigenvalue weighted by atomic mass is 19.1. The standard InChI is InChI=1S/C15H19FO2/c1-3-18-13-6-11(7-13)8-15(17)14-9-12(16)5-4-10(14)2/h4-5,9,11,13H,3,6-8H2,1-2H3. The predicted molar refractivity (Wildman–Crippen MR) is 68.2 cm³/mol. The number of hydrogen-bond acceptors (Lipinski definition) is 2. The first kappa shape index (κ1) is 13.2. The Kier molecular flexibility index (Phi) is 4.12. The van der Waals surface area contributed by atoms with Gasteiger partial charge < -0.3 is 4.74 Å². The van der Waals surface area contributed by atoms with E-state index in [1.807, 2.05) is 13.8 Å². The Morgan fingerprint density at radius 2 is 2.17 bits per heavy atom. The quantitative estimate of drug-likeness (QED) is 0.747. The van der Waals surface area contributed by atoms with Crippen LogP contribution in [0.25, 0.3) is 0 Å². The van der Waals surface area contributed by atoms with Gasteiger partial charge in [-0.2, -0.15) is 0 Å². The van der Waals surface area contributed by atoms with Gasteiger partial charge in [-0.05, 0) is 50.3 Å². The maximum atomic E-state index is 13.1. The molecule has 98 valence electrons. The lowest BCUT2D eigenvalue weighted by atomic mass is 9.78. The first-order valence-corrected chi connectivity index (χ1v) is 6.51. The van der Waals surface area contributed by atoms with Crippen LogP contribution < -0.4 is 0 Å². The Labute approximate surface area is 107 Å². The van der Waals surface area contributed by atoms with Gasteiger partial charge in [-0.15, -0.1) is 0 Å². The zero-order valence-electron chi connectivity index (χ0n) is 10.9. The number of carbonyl (C=O) groups is 1. The van der Waals surface area contributed by atoms with Crippen molar-refractivity contribution in [3.63, 3.8) is 0 Å². The molecule has 3 heteroatoms. The molecule has 18 heavy (non-hydrogen) atoms. The molecule has 0 saturated heterocycles. The van der Waals surface area contributed by atoms with Crippen LogP contribution in [-0.2, 0) is 4.74 Å². The average molecular weight is 250 g/mol. The van der Waals surface area contributed by atoms with Crippen molar-refractivity contribution >= 4 is 5.78 Å². The average Bonchev–Trinajstić information content (AvgIpc) is 2.29. The second-order valence-electron chi connectivity index (χ2n) is 5.00. The second-order valence-corrected chi connectivity index (χ2v) is 5.00. The Morgan fingerprint density at radius 1 is 1.44 bits per heavy atom. The van der Waals surface area contributed by atoms with E-state index in [4.69, 9.17) is 4.74 Å². The zero-order chi connectivity index (χ0) is 13.1. The van der Waals surface area contributed by atoms with Crippen molar-refractivity contribution < 1.29 is 13.9 Å². The Bertz CT molecular complexity index is 436. The second kappa shape index (κ2) is 5.61. The van der Waals surface area contributed by atoms with Crippen LogP contribution in [0.15, 0.2) is 18.2 Å². The zero-order valence-corrected chi connectivity index (χ0v) is 10.9. The highest BCUT2D eigenvalue weighted by molar-refractivity contribution is 5.97. The van der Waals surface area contributed by atoms with Crippen LogP contribution in [0.1, 0.15) is 42.1 Å².